The van der Waals surface area contributed by atoms with Crippen LogP contribution in [0.15, 0.2) is 35.7 Å². The van der Waals surface area contributed by atoms with Gasteiger partial charge in [0.1, 0.15) is 5.75 Å². The number of nitrogens with one attached hydrogen (secondary N) is 2. The van der Waals surface area contributed by atoms with Gasteiger partial charge in [0.2, 0.25) is 5.91 Å². The summed E-state index contributed by atoms with van der Waals surface area (Å²) in [5, 5.41) is 8.38. The molecule has 1 aliphatic heterocycles. The van der Waals surface area contributed by atoms with Gasteiger partial charge in [-0.25, -0.2) is 0 Å². The predicted molar refractivity (Wildman–Crippen MR) is 89.1 cm³/mol. The lowest BCUT2D eigenvalue weighted by atomic mass is 10.1. The first-order valence-corrected chi connectivity index (χ1v) is 8.34. The Balaban J connectivity index is 1.59. The number of carbonyl (C=O) groups excluding carboxylic acids is 1. The number of thiophene rings is 1. The number of carbonyl (C=O) groups is 1. The van der Waals surface area contributed by atoms with E-state index in [2.05, 4.69) is 22.1 Å². The van der Waals surface area contributed by atoms with E-state index in [1.807, 2.05) is 24.3 Å². The quantitative estimate of drug-likeness (QED) is 0.891. The van der Waals surface area contributed by atoms with Gasteiger partial charge in [-0.2, -0.15) is 0 Å². The van der Waals surface area contributed by atoms with Crippen molar-refractivity contribution in [1.82, 2.24) is 10.6 Å². The largest absolute Gasteiger partial charge is 0.497 e. The summed E-state index contributed by atoms with van der Waals surface area (Å²) in [5.41, 5.74) is 2.34. The second-order valence-corrected chi connectivity index (χ2v) is 6.43. The van der Waals surface area contributed by atoms with Crippen molar-refractivity contribution in [1.29, 1.82) is 0 Å². The van der Waals surface area contributed by atoms with Crippen molar-refractivity contribution < 1.29 is 9.53 Å². The maximum atomic E-state index is 12.0. The number of hydrogen-bond acceptors (Lipinski definition) is 4. The minimum Gasteiger partial charge on any atom is -0.497 e. The van der Waals surface area contributed by atoms with Crippen LogP contribution in [0.25, 0.3) is 11.1 Å². The first kappa shape index (κ1) is 15.1. The molecule has 1 unspecified atom stereocenters. The molecule has 4 nitrogen and oxygen atoms in total. The Bertz CT molecular complexity index is 630. The van der Waals surface area contributed by atoms with Crippen LogP contribution in [0, 0.1) is 5.92 Å². The summed E-state index contributed by atoms with van der Waals surface area (Å²) < 4.78 is 5.17. The van der Waals surface area contributed by atoms with Crippen molar-refractivity contribution >= 4 is 17.2 Å². The first-order chi connectivity index (χ1) is 10.8. The van der Waals surface area contributed by atoms with Gasteiger partial charge in [0.05, 0.1) is 19.6 Å². The second-order valence-electron chi connectivity index (χ2n) is 5.44. The van der Waals surface area contributed by atoms with Crippen molar-refractivity contribution in [2.75, 3.05) is 20.2 Å². The molecule has 1 fully saturated rings. The zero-order valence-corrected chi connectivity index (χ0v) is 13.4. The van der Waals surface area contributed by atoms with Crippen molar-refractivity contribution in [3.8, 4) is 16.9 Å². The molecule has 1 saturated heterocycles. The van der Waals surface area contributed by atoms with Gasteiger partial charge in [-0.3, -0.25) is 4.79 Å². The standard InChI is InChI=1S/C17H20N2O2S/c1-21-15-4-2-12(3-5-15)14-8-16(22-11-14)10-19-17(20)13-6-7-18-9-13/h2-5,8,11,13,18H,6-7,9-10H2,1H3,(H,19,20). The monoisotopic (exact) mass is 316 g/mol. The summed E-state index contributed by atoms with van der Waals surface area (Å²) in [6.45, 7) is 2.35. The third-order valence-electron chi connectivity index (χ3n) is 3.95. The van der Waals surface area contributed by atoms with E-state index in [1.54, 1.807) is 18.4 Å². The van der Waals surface area contributed by atoms with Crippen LogP contribution in [0.2, 0.25) is 0 Å². The topological polar surface area (TPSA) is 50.4 Å². The summed E-state index contributed by atoms with van der Waals surface area (Å²) in [4.78, 5) is 13.2. The van der Waals surface area contributed by atoms with Gasteiger partial charge < -0.3 is 15.4 Å². The van der Waals surface area contributed by atoms with E-state index < -0.39 is 0 Å². The minimum atomic E-state index is 0.126. The van der Waals surface area contributed by atoms with Gasteiger partial charge in [0, 0.05) is 11.4 Å². The molecule has 2 N–H and O–H groups in total. The molecule has 0 saturated carbocycles. The number of rotatable bonds is 5. The molecule has 3 rings (SSSR count). The normalized spacial score (nSPS) is 17.4. The van der Waals surface area contributed by atoms with E-state index in [9.17, 15) is 4.79 Å². The summed E-state index contributed by atoms with van der Waals surface area (Å²) in [5.74, 6) is 1.14. The Hall–Kier alpha value is -1.85. The summed E-state index contributed by atoms with van der Waals surface area (Å²) in [6.07, 6.45) is 0.938. The van der Waals surface area contributed by atoms with Crippen molar-refractivity contribution in [3.63, 3.8) is 0 Å². The molecule has 22 heavy (non-hydrogen) atoms. The molecule has 2 aromatic rings. The maximum absolute atomic E-state index is 12.0. The lowest BCUT2D eigenvalue weighted by Gasteiger charge is -2.08. The minimum absolute atomic E-state index is 0.126. The molecule has 2 heterocycles. The smallest absolute Gasteiger partial charge is 0.224 e. The Morgan fingerprint density at radius 1 is 1.36 bits per heavy atom. The SMILES string of the molecule is COc1ccc(-c2csc(CNC(=O)C3CCNC3)c2)cc1. The number of amides is 1. The summed E-state index contributed by atoms with van der Waals surface area (Å²) in [7, 11) is 1.67. The Morgan fingerprint density at radius 3 is 2.86 bits per heavy atom. The molecular formula is C17H20N2O2S. The van der Waals surface area contributed by atoms with E-state index in [4.69, 9.17) is 4.74 Å². The lowest BCUT2D eigenvalue weighted by Crippen LogP contribution is -2.31. The predicted octanol–water partition coefficient (Wildman–Crippen LogP) is 2.65. The van der Waals surface area contributed by atoms with Crippen LogP contribution in [0.1, 0.15) is 11.3 Å². The fourth-order valence-electron chi connectivity index (χ4n) is 2.61. The number of benzene rings is 1. The van der Waals surface area contributed by atoms with Gasteiger partial charge in [0.15, 0.2) is 0 Å². The molecule has 1 aliphatic rings. The third-order valence-corrected chi connectivity index (χ3v) is 4.88. The highest BCUT2D eigenvalue weighted by molar-refractivity contribution is 7.10. The average molecular weight is 316 g/mol. The van der Waals surface area contributed by atoms with Crippen molar-refractivity contribution in [3.05, 3.63) is 40.6 Å². The molecule has 1 atom stereocenters. The van der Waals surface area contributed by atoms with Crippen LogP contribution in [-0.4, -0.2) is 26.1 Å². The highest BCUT2D eigenvalue weighted by Crippen LogP contribution is 2.27. The van der Waals surface area contributed by atoms with Crippen LogP contribution >= 0.6 is 11.3 Å². The fraction of sp³-hybridized carbons (Fsp3) is 0.353. The van der Waals surface area contributed by atoms with Crippen LogP contribution in [0.4, 0.5) is 0 Å². The van der Waals surface area contributed by atoms with Crippen LogP contribution in [0.5, 0.6) is 5.75 Å². The van der Waals surface area contributed by atoms with E-state index in [1.165, 1.54) is 10.4 Å². The highest BCUT2D eigenvalue weighted by atomic mass is 32.1. The van der Waals surface area contributed by atoms with Crippen LogP contribution in [0.3, 0.4) is 0 Å². The number of ether oxygens (including phenoxy) is 1. The molecule has 5 heteroatoms. The molecule has 0 radical (unpaired) electrons. The van der Waals surface area contributed by atoms with Crippen molar-refractivity contribution in [2.24, 2.45) is 5.92 Å². The lowest BCUT2D eigenvalue weighted by molar-refractivity contribution is -0.124. The maximum Gasteiger partial charge on any atom is 0.224 e. The molecule has 116 valence electrons. The van der Waals surface area contributed by atoms with Crippen molar-refractivity contribution in [2.45, 2.75) is 13.0 Å². The van der Waals surface area contributed by atoms with Gasteiger partial charge in [-0.05, 0) is 47.7 Å². The average Bonchev–Trinajstić information content (AvgIpc) is 3.24. The molecule has 1 aromatic heterocycles. The van der Waals surface area contributed by atoms with Crippen LogP contribution < -0.4 is 15.4 Å². The summed E-state index contributed by atoms with van der Waals surface area (Å²) >= 11 is 1.68. The van der Waals surface area contributed by atoms with Gasteiger partial charge in [-0.15, -0.1) is 11.3 Å². The highest BCUT2D eigenvalue weighted by Gasteiger charge is 2.21. The molecular weight excluding hydrogens is 296 g/mol. The van der Waals surface area contributed by atoms with E-state index >= 15 is 0 Å². The van der Waals surface area contributed by atoms with E-state index in [0.717, 1.165) is 30.8 Å². The van der Waals surface area contributed by atoms with Crippen LogP contribution in [-0.2, 0) is 11.3 Å². The number of hydrogen-bond donors (Lipinski definition) is 2. The zero-order valence-electron chi connectivity index (χ0n) is 12.6. The summed E-state index contributed by atoms with van der Waals surface area (Å²) in [6, 6.07) is 10.2. The first-order valence-electron chi connectivity index (χ1n) is 7.46. The number of methoxy groups -OCH3 is 1. The third kappa shape index (κ3) is 3.48. The molecule has 0 bridgehead atoms. The van der Waals surface area contributed by atoms with E-state index in [0.29, 0.717) is 6.54 Å². The molecule has 1 aromatic carbocycles. The second kappa shape index (κ2) is 6.94. The van der Waals surface area contributed by atoms with Gasteiger partial charge >= 0.3 is 0 Å². The van der Waals surface area contributed by atoms with E-state index in [-0.39, 0.29) is 11.8 Å². The Labute approximate surface area is 134 Å². The Kier molecular flexibility index (Phi) is 4.75. The fourth-order valence-corrected chi connectivity index (χ4v) is 3.44. The zero-order chi connectivity index (χ0) is 15.4. The Morgan fingerprint density at radius 2 is 2.18 bits per heavy atom. The van der Waals surface area contributed by atoms with Gasteiger partial charge in [-0.1, -0.05) is 12.1 Å². The molecule has 1 amide bonds. The molecule has 0 spiro atoms. The van der Waals surface area contributed by atoms with Gasteiger partial charge in [0.25, 0.3) is 0 Å². The molecule has 0 aliphatic carbocycles.